The molecule has 0 spiro atoms. The van der Waals surface area contributed by atoms with E-state index in [1.54, 1.807) is 0 Å². The predicted molar refractivity (Wildman–Crippen MR) is 56.7 cm³/mol. The fourth-order valence-electron chi connectivity index (χ4n) is 1.56. The molecular weight excluding hydrogens is 233 g/mol. The summed E-state index contributed by atoms with van der Waals surface area (Å²) in [7, 11) is 0. The summed E-state index contributed by atoms with van der Waals surface area (Å²) in [6.45, 7) is 4.57. The topological polar surface area (TPSA) is 34.9 Å². The van der Waals surface area contributed by atoms with Crippen LogP contribution in [0.5, 0.6) is 0 Å². The monoisotopic (exact) mass is 248 g/mol. The number of ketones is 1. The summed E-state index contributed by atoms with van der Waals surface area (Å²) < 4.78 is 37.9. The van der Waals surface area contributed by atoms with E-state index in [9.17, 15) is 18.0 Å². The molecule has 0 aromatic carbocycles. The molecule has 0 atom stereocenters. The molecule has 6 heteroatoms. The number of carbonyl (C=O) groups excluding carboxylic acids is 1. The summed E-state index contributed by atoms with van der Waals surface area (Å²) in [6, 6.07) is 0. The van der Waals surface area contributed by atoms with Crippen LogP contribution in [0.25, 0.3) is 0 Å². The van der Waals surface area contributed by atoms with E-state index < -0.39 is 17.5 Å². The molecule has 0 fully saturated rings. The number of halogens is 3. The van der Waals surface area contributed by atoms with Crippen LogP contribution < -0.4 is 0 Å². The summed E-state index contributed by atoms with van der Waals surface area (Å²) in [6.07, 6.45) is -0.840. The minimum Gasteiger partial charge on any atom is -0.284 e. The Morgan fingerprint density at radius 3 is 2.47 bits per heavy atom. The van der Waals surface area contributed by atoms with Crippen LogP contribution >= 0.6 is 0 Å². The Morgan fingerprint density at radius 1 is 1.41 bits per heavy atom. The quantitative estimate of drug-likeness (QED) is 0.750. The molecule has 0 N–H and O–H groups in total. The van der Waals surface area contributed by atoms with Gasteiger partial charge in [-0.2, -0.15) is 18.3 Å². The molecular formula is C11H15F3N2O. The highest BCUT2D eigenvalue weighted by Gasteiger charge is 2.39. The van der Waals surface area contributed by atoms with Gasteiger partial charge in [0.25, 0.3) is 5.78 Å². The number of Topliss-reactive ketones (excluding diaryl/α,β-unsaturated/α-hetero) is 1. The lowest BCUT2D eigenvalue weighted by atomic mass is 10.0. The maximum Gasteiger partial charge on any atom is 0.454 e. The first-order valence-corrected chi connectivity index (χ1v) is 5.52. The van der Waals surface area contributed by atoms with E-state index in [0.717, 1.165) is 25.2 Å². The first-order valence-electron chi connectivity index (χ1n) is 5.52. The Morgan fingerprint density at radius 2 is 2.00 bits per heavy atom. The minimum atomic E-state index is -4.83. The van der Waals surface area contributed by atoms with E-state index in [0.29, 0.717) is 12.5 Å². The maximum absolute atomic E-state index is 12.2. The van der Waals surface area contributed by atoms with E-state index in [2.05, 4.69) is 5.10 Å². The number of alkyl halides is 3. The zero-order valence-corrected chi connectivity index (χ0v) is 9.79. The molecule has 0 radical (unpaired) electrons. The van der Waals surface area contributed by atoms with Gasteiger partial charge in [0, 0.05) is 12.7 Å². The van der Waals surface area contributed by atoms with Crippen LogP contribution in [0.15, 0.2) is 12.4 Å². The summed E-state index contributed by atoms with van der Waals surface area (Å²) in [5, 5.41) is 3.78. The van der Waals surface area contributed by atoms with Crippen molar-refractivity contribution in [3.05, 3.63) is 18.0 Å². The third-order valence-electron chi connectivity index (χ3n) is 2.75. The number of aromatic nitrogens is 2. The Balaban J connectivity index is 2.75. The van der Waals surface area contributed by atoms with Crippen molar-refractivity contribution in [2.75, 3.05) is 0 Å². The number of nitrogens with zero attached hydrogens (tertiary/aromatic N) is 2. The van der Waals surface area contributed by atoms with Gasteiger partial charge in [0.05, 0.1) is 11.8 Å². The van der Waals surface area contributed by atoms with Gasteiger partial charge in [0.1, 0.15) is 0 Å². The van der Waals surface area contributed by atoms with E-state index in [4.69, 9.17) is 0 Å². The highest BCUT2D eigenvalue weighted by molar-refractivity contribution is 5.99. The third-order valence-corrected chi connectivity index (χ3v) is 2.75. The van der Waals surface area contributed by atoms with Gasteiger partial charge >= 0.3 is 6.18 Å². The molecule has 1 aromatic heterocycles. The molecule has 0 saturated heterocycles. The fourth-order valence-corrected chi connectivity index (χ4v) is 1.56. The number of carbonyl (C=O) groups is 1. The van der Waals surface area contributed by atoms with E-state index in [1.807, 2.05) is 13.8 Å². The second-order valence-corrected chi connectivity index (χ2v) is 3.96. The molecule has 96 valence electrons. The highest BCUT2D eigenvalue weighted by atomic mass is 19.4. The highest BCUT2D eigenvalue weighted by Crippen LogP contribution is 2.21. The molecule has 1 aromatic rings. The largest absolute Gasteiger partial charge is 0.454 e. The summed E-state index contributed by atoms with van der Waals surface area (Å²) in [5.41, 5.74) is -0.400. The average molecular weight is 248 g/mol. The van der Waals surface area contributed by atoms with Crippen LogP contribution in [0.2, 0.25) is 0 Å². The SMILES string of the molecule is CCC(CC)Cn1cc(C(=O)C(F)(F)F)cn1. The van der Waals surface area contributed by atoms with Crippen LogP contribution in [0.1, 0.15) is 37.0 Å². The summed E-state index contributed by atoms with van der Waals surface area (Å²) in [5.74, 6) is -1.47. The molecule has 0 aliphatic carbocycles. The summed E-state index contributed by atoms with van der Waals surface area (Å²) >= 11 is 0. The number of rotatable bonds is 5. The van der Waals surface area contributed by atoms with Crippen LogP contribution in [-0.4, -0.2) is 21.7 Å². The molecule has 0 aliphatic rings. The minimum absolute atomic E-state index is 0.365. The molecule has 1 rings (SSSR count). The van der Waals surface area contributed by atoms with Crippen molar-refractivity contribution in [3.63, 3.8) is 0 Å². The van der Waals surface area contributed by atoms with Gasteiger partial charge in [0.2, 0.25) is 0 Å². The lowest BCUT2D eigenvalue weighted by Gasteiger charge is -2.11. The number of hydrogen-bond acceptors (Lipinski definition) is 2. The van der Waals surface area contributed by atoms with Crippen molar-refractivity contribution in [2.45, 2.75) is 39.4 Å². The molecule has 3 nitrogen and oxygen atoms in total. The van der Waals surface area contributed by atoms with Crippen molar-refractivity contribution in [1.82, 2.24) is 9.78 Å². The Hall–Kier alpha value is -1.33. The number of hydrogen-bond donors (Lipinski definition) is 0. The zero-order valence-electron chi connectivity index (χ0n) is 9.79. The van der Waals surface area contributed by atoms with E-state index in [-0.39, 0.29) is 0 Å². The zero-order chi connectivity index (χ0) is 13.1. The van der Waals surface area contributed by atoms with Gasteiger partial charge in [-0.3, -0.25) is 9.48 Å². The standard InChI is InChI=1S/C11H15F3N2O/c1-3-8(4-2)6-16-7-9(5-15-16)10(17)11(12,13)14/h5,7-8H,3-4,6H2,1-2H3. The molecule has 0 aliphatic heterocycles. The molecule has 0 bridgehead atoms. The van der Waals surface area contributed by atoms with Crippen molar-refractivity contribution in [2.24, 2.45) is 5.92 Å². The molecule has 1 heterocycles. The molecule has 0 unspecified atom stereocenters. The van der Waals surface area contributed by atoms with Gasteiger partial charge in [-0.25, -0.2) is 0 Å². The van der Waals surface area contributed by atoms with Crippen LogP contribution in [0.4, 0.5) is 13.2 Å². The van der Waals surface area contributed by atoms with Gasteiger partial charge in [-0.1, -0.05) is 26.7 Å². The maximum atomic E-state index is 12.2. The van der Waals surface area contributed by atoms with Crippen LogP contribution in [0.3, 0.4) is 0 Å². The normalized spacial score (nSPS) is 12.1. The van der Waals surface area contributed by atoms with Gasteiger partial charge < -0.3 is 0 Å². The smallest absolute Gasteiger partial charge is 0.284 e. The first kappa shape index (κ1) is 13.7. The van der Waals surface area contributed by atoms with Crippen LogP contribution in [-0.2, 0) is 6.54 Å². The van der Waals surface area contributed by atoms with Crippen molar-refractivity contribution < 1.29 is 18.0 Å². The molecule has 17 heavy (non-hydrogen) atoms. The Kier molecular flexibility index (Phi) is 4.31. The van der Waals surface area contributed by atoms with Crippen molar-refractivity contribution in [1.29, 1.82) is 0 Å². The summed E-state index contributed by atoms with van der Waals surface area (Å²) in [4.78, 5) is 10.9. The Labute approximate surface area is 97.6 Å². The Bertz CT molecular complexity index is 380. The predicted octanol–water partition coefficient (Wildman–Crippen LogP) is 3.06. The molecule has 0 amide bonds. The lowest BCUT2D eigenvalue weighted by Crippen LogP contribution is -2.22. The van der Waals surface area contributed by atoms with Gasteiger partial charge in [-0.05, 0) is 5.92 Å². The third kappa shape index (κ3) is 3.57. The van der Waals surface area contributed by atoms with Crippen LogP contribution in [0, 0.1) is 5.92 Å². The fraction of sp³-hybridized carbons (Fsp3) is 0.636. The second kappa shape index (κ2) is 5.33. The van der Waals surface area contributed by atoms with Gasteiger partial charge in [0.15, 0.2) is 0 Å². The van der Waals surface area contributed by atoms with Crippen molar-refractivity contribution in [3.8, 4) is 0 Å². The van der Waals surface area contributed by atoms with Gasteiger partial charge in [-0.15, -0.1) is 0 Å². The average Bonchev–Trinajstić information content (AvgIpc) is 2.71. The van der Waals surface area contributed by atoms with Crippen molar-refractivity contribution >= 4 is 5.78 Å². The first-order chi connectivity index (χ1) is 7.88. The lowest BCUT2D eigenvalue weighted by molar-refractivity contribution is -0.0885. The van der Waals surface area contributed by atoms with E-state index >= 15 is 0 Å². The van der Waals surface area contributed by atoms with E-state index in [1.165, 1.54) is 4.68 Å². The molecule has 0 saturated carbocycles. The second-order valence-electron chi connectivity index (χ2n) is 3.96.